The highest BCUT2D eigenvalue weighted by molar-refractivity contribution is 7.86. The topological polar surface area (TPSA) is 102 Å². The Balaban J connectivity index is 2.22. The Kier molecular flexibility index (Phi) is 4.97. The molecular formula is C13H18O7S. The zero-order valence-corrected chi connectivity index (χ0v) is 12.5. The van der Waals surface area contributed by atoms with Crippen molar-refractivity contribution in [3.05, 3.63) is 29.8 Å². The van der Waals surface area contributed by atoms with Crippen molar-refractivity contribution in [2.45, 2.75) is 36.4 Å². The quantitative estimate of drug-likeness (QED) is 0.741. The van der Waals surface area contributed by atoms with Gasteiger partial charge in [0.05, 0.1) is 11.5 Å². The second-order valence-corrected chi connectivity index (χ2v) is 6.40. The highest BCUT2D eigenvalue weighted by atomic mass is 32.2. The van der Waals surface area contributed by atoms with Crippen LogP contribution in [-0.2, 0) is 23.8 Å². The first kappa shape index (κ1) is 16.3. The summed E-state index contributed by atoms with van der Waals surface area (Å²) in [6.45, 7) is 1.66. The van der Waals surface area contributed by atoms with Crippen LogP contribution >= 0.6 is 0 Å². The second-order valence-electron chi connectivity index (χ2n) is 4.82. The molecule has 118 valence electrons. The van der Waals surface area contributed by atoms with Crippen molar-refractivity contribution < 1.29 is 32.3 Å². The Morgan fingerprint density at radius 3 is 2.43 bits per heavy atom. The second kappa shape index (κ2) is 6.39. The predicted molar refractivity (Wildman–Crippen MR) is 72.0 cm³/mol. The van der Waals surface area contributed by atoms with Gasteiger partial charge < -0.3 is 19.7 Å². The summed E-state index contributed by atoms with van der Waals surface area (Å²) in [6, 6.07) is 6.07. The average Bonchev–Trinajstić information content (AvgIpc) is 2.44. The molecule has 0 radical (unpaired) electrons. The van der Waals surface area contributed by atoms with E-state index in [-0.39, 0.29) is 11.5 Å². The van der Waals surface area contributed by atoms with E-state index in [1.54, 1.807) is 12.1 Å². The van der Waals surface area contributed by atoms with Crippen LogP contribution in [0.5, 0.6) is 0 Å². The molecule has 0 saturated carbocycles. The van der Waals surface area contributed by atoms with Gasteiger partial charge in [0.1, 0.15) is 12.2 Å². The van der Waals surface area contributed by atoms with E-state index in [0.717, 1.165) is 5.56 Å². The van der Waals surface area contributed by atoms with Crippen LogP contribution in [0.2, 0.25) is 0 Å². The monoisotopic (exact) mass is 318 g/mol. The van der Waals surface area contributed by atoms with Crippen LogP contribution in [0.15, 0.2) is 29.2 Å². The molecule has 1 aliphatic rings. The van der Waals surface area contributed by atoms with Crippen molar-refractivity contribution in [1.29, 1.82) is 0 Å². The minimum absolute atomic E-state index is 0.0461. The van der Waals surface area contributed by atoms with Crippen molar-refractivity contribution in [2.75, 3.05) is 13.7 Å². The largest absolute Gasteiger partial charge is 0.388 e. The Bertz CT molecular complexity index is 567. The Labute approximate surface area is 123 Å². The van der Waals surface area contributed by atoms with Gasteiger partial charge in [0.15, 0.2) is 12.4 Å². The van der Waals surface area contributed by atoms with Crippen molar-refractivity contribution in [3.8, 4) is 0 Å². The molecule has 0 aromatic heterocycles. The summed E-state index contributed by atoms with van der Waals surface area (Å²) in [6.07, 6.45) is -5.09. The van der Waals surface area contributed by atoms with Gasteiger partial charge in [-0.3, -0.25) is 4.18 Å². The van der Waals surface area contributed by atoms with E-state index in [2.05, 4.69) is 0 Å². The van der Waals surface area contributed by atoms with Gasteiger partial charge >= 0.3 is 0 Å². The molecule has 1 aromatic carbocycles. The van der Waals surface area contributed by atoms with Crippen LogP contribution in [0.3, 0.4) is 0 Å². The van der Waals surface area contributed by atoms with E-state index < -0.39 is 34.7 Å². The third-order valence-corrected chi connectivity index (χ3v) is 4.54. The zero-order chi connectivity index (χ0) is 15.6. The van der Waals surface area contributed by atoms with Crippen molar-refractivity contribution in [1.82, 2.24) is 0 Å². The molecule has 2 rings (SSSR count). The molecule has 7 nitrogen and oxygen atoms in total. The molecule has 0 spiro atoms. The van der Waals surface area contributed by atoms with Gasteiger partial charge in [0.25, 0.3) is 10.1 Å². The first-order valence-corrected chi connectivity index (χ1v) is 7.76. The van der Waals surface area contributed by atoms with Crippen LogP contribution in [0.1, 0.15) is 5.56 Å². The number of aryl methyl sites for hydroxylation is 1. The van der Waals surface area contributed by atoms with Crippen LogP contribution in [0.4, 0.5) is 0 Å². The summed E-state index contributed by atoms with van der Waals surface area (Å²) < 4.78 is 39.4. The minimum Gasteiger partial charge on any atom is -0.388 e. The van der Waals surface area contributed by atoms with Crippen LogP contribution in [0, 0.1) is 6.92 Å². The summed E-state index contributed by atoms with van der Waals surface area (Å²) in [5.41, 5.74) is 0.903. The van der Waals surface area contributed by atoms with E-state index >= 15 is 0 Å². The smallest absolute Gasteiger partial charge is 0.297 e. The number of aliphatic hydroxyl groups excluding tert-OH is 2. The molecule has 1 aliphatic heterocycles. The van der Waals surface area contributed by atoms with Crippen molar-refractivity contribution in [2.24, 2.45) is 0 Å². The maximum absolute atomic E-state index is 12.2. The lowest BCUT2D eigenvalue weighted by Crippen LogP contribution is -2.55. The standard InChI is InChI=1S/C13H18O7S/c1-8-3-5-9(6-4-8)21(16,17)20-12-11(15)10(14)7-19-13(12)18-2/h3-6,10-15H,7H2,1-2H3/t10-,11+,12-,13+/m1/s1. The van der Waals surface area contributed by atoms with Crippen molar-refractivity contribution >= 4 is 10.1 Å². The summed E-state index contributed by atoms with van der Waals surface area (Å²) in [7, 11) is -2.81. The van der Waals surface area contributed by atoms with Crippen LogP contribution in [-0.4, -0.2) is 56.9 Å². The molecule has 1 aromatic rings. The number of hydrogen-bond donors (Lipinski definition) is 2. The number of rotatable bonds is 4. The maximum Gasteiger partial charge on any atom is 0.297 e. The summed E-state index contributed by atoms with van der Waals surface area (Å²) >= 11 is 0. The lowest BCUT2D eigenvalue weighted by atomic mass is 10.1. The summed E-state index contributed by atoms with van der Waals surface area (Å²) in [5, 5.41) is 19.5. The van der Waals surface area contributed by atoms with Gasteiger partial charge in [0.2, 0.25) is 0 Å². The first-order valence-electron chi connectivity index (χ1n) is 6.35. The first-order chi connectivity index (χ1) is 9.85. The van der Waals surface area contributed by atoms with Gasteiger partial charge in [-0.2, -0.15) is 8.42 Å². The molecule has 4 atom stereocenters. The zero-order valence-electron chi connectivity index (χ0n) is 11.7. The fraction of sp³-hybridized carbons (Fsp3) is 0.538. The molecule has 0 bridgehead atoms. The van der Waals surface area contributed by atoms with E-state index in [9.17, 15) is 18.6 Å². The normalized spacial score (nSPS) is 30.3. The van der Waals surface area contributed by atoms with Gasteiger partial charge in [-0.05, 0) is 19.1 Å². The number of methoxy groups -OCH3 is 1. The highest BCUT2D eigenvalue weighted by Crippen LogP contribution is 2.24. The Morgan fingerprint density at radius 2 is 1.86 bits per heavy atom. The maximum atomic E-state index is 12.2. The van der Waals surface area contributed by atoms with Crippen molar-refractivity contribution in [3.63, 3.8) is 0 Å². The van der Waals surface area contributed by atoms with Gasteiger partial charge in [-0.15, -0.1) is 0 Å². The molecule has 0 aliphatic carbocycles. The molecule has 1 fully saturated rings. The van der Waals surface area contributed by atoms with E-state index in [1.807, 2.05) is 6.92 Å². The molecular weight excluding hydrogens is 300 g/mol. The van der Waals surface area contributed by atoms with Crippen LogP contribution in [0.25, 0.3) is 0 Å². The third kappa shape index (κ3) is 3.60. The average molecular weight is 318 g/mol. The number of hydrogen-bond acceptors (Lipinski definition) is 7. The number of ether oxygens (including phenoxy) is 2. The number of aliphatic hydroxyl groups is 2. The molecule has 0 amide bonds. The summed E-state index contributed by atoms with van der Waals surface area (Å²) in [5.74, 6) is 0. The van der Waals surface area contributed by atoms with E-state index in [4.69, 9.17) is 13.7 Å². The Morgan fingerprint density at radius 1 is 1.24 bits per heavy atom. The Hall–Kier alpha value is -1.03. The van der Waals surface area contributed by atoms with Gasteiger partial charge in [-0.1, -0.05) is 17.7 Å². The molecule has 8 heteroatoms. The fourth-order valence-electron chi connectivity index (χ4n) is 1.98. The van der Waals surface area contributed by atoms with Crippen LogP contribution < -0.4 is 0 Å². The highest BCUT2D eigenvalue weighted by Gasteiger charge is 2.43. The van der Waals surface area contributed by atoms with E-state index in [1.165, 1.54) is 19.2 Å². The third-order valence-electron chi connectivity index (χ3n) is 3.21. The van der Waals surface area contributed by atoms with E-state index in [0.29, 0.717) is 0 Å². The number of benzene rings is 1. The van der Waals surface area contributed by atoms with Gasteiger partial charge in [0, 0.05) is 7.11 Å². The summed E-state index contributed by atoms with van der Waals surface area (Å²) in [4.78, 5) is -0.0461. The van der Waals surface area contributed by atoms with Gasteiger partial charge in [-0.25, -0.2) is 0 Å². The predicted octanol–water partition coefficient (Wildman–Crippen LogP) is -0.207. The SMILES string of the molecule is CO[C@H]1OC[C@@H](O)[C@H](O)[C@H]1OS(=O)(=O)c1ccc(C)cc1. The molecule has 21 heavy (non-hydrogen) atoms. The molecule has 1 saturated heterocycles. The fourth-order valence-corrected chi connectivity index (χ4v) is 3.06. The lowest BCUT2D eigenvalue weighted by Gasteiger charge is -2.36. The molecule has 1 heterocycles. The molecule has 2 N–H and O–H groups in total. The lowest BCUT2D eigenvalue weighted by molar-refractivity contribution is -0.254. The minimum atomic E-state index is -4.11. The molecule has 0 unspecified atom stereocenters.